The molecule has 0 fully saturated rings. The van der Waals surface area contributed by atoms with Gasteiger partial charge in [0.15, 0.2) is 0 Å². The smallest absolute Gasteiger partial charge is 0.0488 e. The maximum absolute atomic E-state index is 9.96. The van der Waals surface area contributed by atoms with E-state index in [1.54, 1.807) is 0 Å². The van der Waals surface area contributed by atoms with Gasteiger partial charge >= 0.3 is 0 Å². The van der Waals surface area contributed by atoms with Gasteiger partial charge in [-0.2, -0.15) is 5.06 Å². The molecular formula is C18H24NO. The van der Waals surface area contributed by atoms with E-state index < -0.39 is 0 Å². The summed E-state index contributed by atoms with van der Waals surface area (Å²) < 4.78 is 0. The summed E-state index contributed by atoms with van der Waals surface area (Å²) in [7, 11) is 0. The van der Waals surface area contributed by atoms with Crippen molar-refractivity contribution in [3.8, 4) is 0 Å². The van der Waals surface area contributed by atoms with Crippen LogP contribution in [0.25, 0.3) is 0 Å². The van der Waals surface area contributed by atoms with Crippen LogP contribution >= 0.6 is 0 Å². The highest BCUT2D eigenvalue weighted by Gasteiger charge is 2.29. The summed E-state index contributed by atoms with van der Waals surface area (Å²) in [6, 6.07) is 6.74. The Morgan fingerprint density at radius 2 is 2.20 bits per heavy atom. The number of nitrogens with zero attached hydrogens (tertiary/aromatic N) is 1. The molecule has 1 atom stereocenters. The molecule has 1 N–H and O–H groups in total. The van der Waals surface area contributed by atoms with Gasteiger partial charge in [-0.05, 0) is 48.3 Å². The molecule has 2 heteroatoms. The lowest BCUT2D eigenvalue weighted by atomic mass is 9.91. The lowest BCUT2D eigenvalue weighted by molar-refractivity contribution is -0.107. The van der Waals surface area contributed by atoms with Crippen molar-refractivity contribution in [3.63, 3.8) is 0 Å². The Hall–Kier alpha value is -1.12. The molecule has 107 valence electrons. The zero-order valence-corrected chi connectivity index (χ0v) is 12.5. The number of hydroxylamine groups is 2. The van der Waals surface area contributed by atoms with Crippen LogP contribution in [0.15, 0.2) is 29.8 Å². The van der Waals surface area contributed by atoms with Gasteiger partial charge in [0, 0.05) is 19.0 Å². The highest BCUT2D eigenvalue weighted by atomic mass is 16.5. The minimum atomic E-state index is 0.484. The van der Waals surface area contributed by atoms with Crippen LogP contribution in [0.3, 0.4) is 0 Å². The van der Waals surface area contributed by atoms with Gasteiger partial charge in [-0.1, -0.05) is 43.7 Å². The Balaban J connectivity index is 1.73. The number of aryl methyl sites for hydroxylation is 1. The van der Waals surface area contributed by atoms with Gasteiger partial charge in [0.2, 0.25) is 0 Å². The van der Waals surface area contributed by atoms with Crippen molar-refractivity contribution in [2.75, 3.05) is 6.54 Å². The summed E-state index contributed by atoms with van der Waals surface area (Å²) >= 11 is 0. The van der Waals surface area contributed by atoms with Crippen LogP contribution in [-0.4, -0.2) is 16.8 Å². The quantitative estimate of drug-likeness (QED) is 0.833. The van der Waals surface area contributed by atoms with Crippen LogP contribution in [0.2, 0.25) is 0 Å². The van der Waals surface area contributed by atoms with Crippen molar-refractivity contribution in [2.45, 2.75) is 45.6 Å². The van der Waals surface area contributed by atoms with E-state index >= 15 is 0 Å². The van der Waals surface area contributed by atoms with Gasteiger partial charge in [0.1, 0.15) is 0 Å². The lowest BCUT2D eigenvalue weighted by Crippen LogP contribution is -2.23. The minimum Gasteiger partial charge on any atom is -0.314 e. The normalized spacial score (nSPS) is 21.1. The molecular weight excluding hydrogens is 246 g/mol. The Bertz CT molecular complexity index is 518. The number of benzene rings is 1. The van der Waals surface area contributed by atoms with Crippen molar-refractivity contribution in [3.05, 3.63) is 53.0 Å². The van der Waals surface area contributed by atoms with E-state index in [2.05, 4.69) is 44.5 Å². The van der Waals surface area contributed by atoms with Crippen LogP contribution in [0.4, 0.5) is 0 Å². The molecule has 1 aromatic carbocycles. The average Bonchev–Trinajstić information content (AvgIpc) is 3.10. The molecule has 0 heterocycles. The second-order valence-electron chi connectivity index (χ2n) is 6.51. The largest absolute Gasteiger partial charge is 0.314 e. The standard InChI is InChI=1S/C18H24NO/c1-13(2)11-19(20)12-14-7-8-17-15(9-14)5-3-4-6-16-10-18(16)17/h6-10,13,18,20H,3-5,11-12H2,1-2H3. The molecule has 0 saturated heterocycles. The van der Waals surface area contributed by atoms with Gasteiger partial charge in [-0.15, -0.1) is 0 Å². The Labute approximate surface area is 122 Å². The van der Waals surface area contributed by atoms with E-state index in [0.717, 1.165) is 13.0 Å². The van der Waals surface area contributed by atoms with E-state index in [0.29, 0.717) is 18.4 Å². The first kappa shape index (κ1) is 13.8. The van der Waals surface area contributed by atoms with E-state index in [1.165, 1.54) is 40.2 Å². The molecule has 1 radical (unpaired) electrons. The SMILES string of the molecule is CC(C)CN(O)Cc1ccc2c(c1)CCC[CH]C1=CC12. The van der Waals surface area contributed by atoms with Gasteiger partial charge in [-0.25, -0.2) is 0 Å². The minimum absolute atomic E-state index is 0.484. The molecule has 2 aliphatic rings. The highest BCUT2D eigenvalue weighted by molar-refractivity contribution is 5.54. The van der Waals surface area contributed by atoms with Crippen molar-refractivity contribution in [1.29, 1.82) is 0 Å². The third-order valence-electron chi connectivity index (χ3n) is 4.12. The summed E-state index contributed by atoms with van der Waals surface area (Å²) in [6.07, 6.45) is 8.34. The number of hydrogen-bond donors (Lipinski definition) is 1. The van der Waals surface area contributed by atoms with E-state index in [9.17, 15) is 5.21 Å². The summed E-state index contributed by atoms with van der Waals surface area (Å²) in [5.74, 6) is 1.07. The molecule has 1 aromatic rings. The molecule has 2 aliphatic carbocycles. The van der Waals surface area contributed by atoms with Crippen molar-refractivity contribution < 1.29 is 5.21 Å². The van der Waals surface area contributed by atoms with E-state index in [1.807, 2.05) is 0 Å². The lowest BCUT2D eigenvalue weighted by Gasteiger charge is -2.19. The van der Waals surface area contributed by atoms with Crippen molar-refractivity contribution in [2.24, 2.45) is 5.92 Å². The molecule has 0 saturated carbocycles. The fourth-order valence-electron chi connectivity index (χ4n) is 3.14. The molecule has 0 aromatic heterocycles. The first-order valence-electron chi connectivity index (χ1n) is 7.74. The Morgan fingerprint density at radius 1 is 1.35 bits per heavy atom. The monoisotopic (exact) mass is 270 g/mol. The van der Waals surface area contributed by atoms with Crippen molar-refractivity contribution in [1.82, 2.24) is 5.06 Å². The van der Waals surface area contributed by atoms with E-state index in [4.69, 9.17) is 0 Å². The van der Waals surface area contributed by atoms with Gasteiger partial charge < -0.3 is 5.21 Å². The van der Waals surface area contributed by atoms with Crippen LogP contribution < -0.4 is 0 Å². The van der Waals surface area contributed by atoms with Crippen LogP contribution in [0.5, 0.6) is 0 Å². The fourth-order valence-corrected chi connectivity index (χ4v) is 3.14. The maximum atomic E-state index is 9.96. The zero-order valence-electron chi connectivity index (χ0n) is 12.5. The predicted octanol–water partition coefficient (Wildman–Crippen LogP) is 4.10. The summed E-state index contributed by atoms with van der Waals surface area (Å²) in [4.78, 5) is 0. The third kappa shape index (κ3) is 3.13. The molecule has 20 heavy (non-hydrogen) atoms. The molecule has 2 nitrogen and oxygen atoms in total. The van der Waals surface area contributed by atoms with Crippen LogP contribution in [0.1, 0.15) is 49.3 Å². The van der Waals surface area contributed by atoms with Crippen LogP contribution in [-0.2, 0) is 13.0 Å². The molecule has 3 rings (SSSR count). The topological polar surface area (TPSA) is 23.5 Å². The Kier molecular flexibility index (Phi) is 3.95. The van der Waals surface area contributed by atoms with E-state index in [-0.39, 0.29) is 0 Å². The van der Waals surface area contributed by atoms with Crippen molar-refractivity contribution >= 4 is 0 Å². The molecule has 0 bridgehead atoms. The molecule has 1 unspecified atom stereocenters. The van der Waals surface area contributed by atoms with Crippen LogP contribution in [0, 0.1) is 12.3 Å². The summed E-state index contributed by atoms with van der Waals surface area (Å²) in [6.45, 7) is 5.60. The second kappa shape index (κ2) is 5.71. The fraction of sp³-hybridized carbons (Fsp3) is 0.500. The summed E-state index contributed by atoms with van der Waals surface area (Å²) in [5, 5.41) is 11.4. The van der Waals surface area contributed by atoms with Gasteiger partial charge in [0.05, 0.1) is 0 Å². The number of hydrogen-bond acceptors (Lipinski definition) is 2. The molecule has 0 amide bonds. The second-order valence-corrected chi connectivity index (χ2v) is 6.51. The van der Waals surface area contributed by atoms with Gasteiger partial charge in [0.25, 0.3) is 0 Å². The highest BCUT2D eigenvalue weighted by Crippen LogP contribution is 2.45. The average molecular weight is 270 g/mol. The Morgan fingerprint density at radius 3 is 3.00 bits per heavy atom. The number of rotatable bonds is 4. The first-order chi connectivity index (χ1) is 9.63. The third-order valence-corrected chi connectivity index (χ3v) is 4.12. The number of fused-ring (bicyclic) bond motifs is 3. The number of allylic oxidation sites excluding steroid dienone is 2. The first-order valence-corrected chi connectivity index (χ1v) is 7.74. The van der Waals surface area contributed by atoms with Gasteiger partial charge in [-0.3, -0.25) is 0 Å². The predicted molar refractivity (Wildman–Crippen MR) is 81.5 cm³/mol. The summed E-state index contributed by atoms with van der Waals surface area (Å²) in [5.41, 5.74) is 5.69. The zero-order chi connectivity index (χ0) is 14.1. The maximum Gasteiger partial charge on any atom is 0.0488 e. The molecule has 0 spiro atoms. The molecule has 0 aliphatic heterocycles.